The number of para-hydroxylation sites is 1. The monoisotopic (exact) mass is 478 g/mol. The zero-order valence-electron chi connectivity index (χ0n) is 18.0. The number of halogens is 1. The lowest BCUT2D eigenvalue weighted by molar-refractivity contribution is 0.102. The molecule has 0 atom stereocenters. The fourth-order valence-electron chi connectivity index (χ4n) is 3.38. The molecule has 8 heteroatoms. The van der Waals surface area contributed by atoms with Crippen molar-refractivity contribution in [2.45, 2.75) is 19.8 Å². The second kappa shape index (κ2) is 10.5. The largest absolute Gasteiger partial charge is 0.338 e. The van der Waals surface area contributed by atoms with Gasteiger partial charge in [0.2, 0.25) is 0 Å². The number of carbonyl (C=O) groups is 2. The quantitative estimate of drug-likeness (QED) is 0.274. The third kappa shape index (κ3) is 5.88. The molecule has 1 heterocycles. The molecular weight excluding hydrogens is 456 g/mol. The zero-order chi connectivity index (χ0) is 23.2. The number of thiazole rings is 1. The Morgan fingerprint density at radius 3 is 2.61 bits per heavy atom. The third-order valence-corrected chi connectivity index (χ3v) is 6.35. The molecule has 6 nitrogen and oxygen atoms in total. The van der Waals surface area contributed by atoms with Gasteiger partial charge in [-0.3, -0.25) is 10.1 Å². The molecule has 3 N–H and O–H groups in total. The maximum Gasteiger partial charge on any atom is 0.321 e. The fourth-order valence-corrected chi connectivity index (χ4v) is 4.54. The number of fused-ring (bicyclic) bond motifs is 1. The van der Waals surface area contributed by atoms with Crippen LogP contribution in [0.5, 0.6) is 0 Å². The van der Waals surface area contributed by atoms with E-state index in [2.05, 4.69) is 33.1 Å². The van der Waals surface area contributed by atoms with Gasteiger partial charge in [0.15, 0.2) is 5.13 Å². The van der Waals surface area contributed by atoms with E-state index in [1.54, 1.807) is 24.3 Å². The van der Waals surface area contributed by atoms with Gasteiger partial charge in [0.05, 0.1) is 20.9 Å². The SMILES string of the molecule is Cc1cccc(Cl)c1NC(=O)c1ccc2nc(NC(=O)NCCCc3ccccc3)sc2c1. The zero-order valence-corrected chi connectivity index (χ0v) is 19.6. The standard InChI is InChI=1S/C25H23ClN4O2S/c1-16-7-5-11-19(26)22(16)29-23(31)18-12-13-20-21(15-18)33-25(28-20)30-24(32)27-14-6-10-17-8-3-2-4-9-17/h2-5,7-9,11-13,15H,6,10,14H2,1H3,(H,29,31)(H2,27,28,30,32). The molecule has 33 heavy (non-hydrogen) atoms. The summed E-state index contributed by atoms with van der Waals surface area (Å²) < 4.78 is 0.804. The average Bonchev–Trinajstić information content (AvgIpc) is 3.21. The first-order valence-corrected chi connectivity index (χ1v) is 11.7. The molecule has 0 unspecified atom stereocenters. The van der Waals surface area contributed by atoms with Crippen LogP contribution in [0.2, 0.25) is 5.02 Å². The van der Waals surface area contributed by atoms with E-state index in [-0.39, 0.29) is 11.9 Å². The first-order chi connectivity index (χ1) is 16.0. The fraction of sp³-hybridized carbons (Fsp3) is 0.160. The number of aryl methyl sites for hydroxylation is 2. The lowest BCUT2D eigenvalue weighted by Gasteiger charge is -2.10. The van der Waals surface area contributed by atoms with E-state index in [0.717, 1.165) is 23.1 Å². The van der Waals surface area contributed by atoms with Crippen LogP contribution in [-0.2, 0) is 6.42 Å². The Hall–Kier alpha value is -3.42. The smallest absolute Gasteiger partial charge is 0.321 e. The van der Waals surface area contributed by atoms with Gasteiger partial charge in [0, 0.05) is 12.1 Å². The van der Waals surface area contributed by atoms with Crippen LogP contribution in [0.4, 0.5) is 15.6 Å². The number of hydrogen-bond acceptors (Lipinski definition) is 4. The minimum atomic E-state index is -0.297. The molecule has 4 aromatic rings. The number of nitrogens with one attached hydrogen (secondary N) is 3. The molecule has 0 fully saturated rings. The number of carbonyl (C=O) groups excluding carboxylic acids is 2. The number of nitrogens with zero attached hydrogens (tertiary/aromatic N) is 1. The molecule has 0 aliphatic carbocycles. The van der Waals surface area contributed by atoms with Crippen molar-refractivity contribution in [1.82, 2.24) is 10.3 Å². The van der Waals surface area contributed by atoms with E-state index in [1.165, 1.54) is 16.9 Å². The van der Waals surface area contributed by atoms with Gasteiger partial charge >= 0.3 is 6.03 Å². The van der Waals surface area contributed by atoms with E-state index in [1.807, 2.05) is 37.3 Å². The summed E-state index contributed by atoms with van der Waals surface area (Å²) in [7, 11) is 0. The van der Waals surface area contributed by atoms with Crippen LogP contribution in [-0.4, -0.2) is 23.5 Å². The highest BCUT2D eigenvalue weighted by Gasteiger charge is 2.13. The number of urea groups is 1. The number of anilines is 2. The first-order valence-electron chi connectivity index (χ1n) is 10.6. The normalized spacial score (nSPS) is 10.7. The van der Waals surface area contributed by atoms with Crippen LogP contribution in [0.25, 0.3) is 10.2 Å². The van der Waals surface area contributed by atoms with Crippen molar-refractivity contribution < 1.29 is 9.59 Å². The van der Waals surface area contributed by atoms with Crippen molar-refractivity contribution in [3.8, 4) is 0 Å². The highest BCUT2D eigenvalue weighted by Crippen LogP contribution is 2.29. The van der Waals surface area contributed by atoms with E-state index < -0.39 is 0 Å². The van der Waals surface area contributed by atoms with Gasteiger partial charge in [-0.05, 0) is 55.2 Å². The molecule has 0 saturated carbocycles. The molecule has 3 amide bonds. The lowest BCUT2D eigenvalue weighted by Crippen LogP contribution is -2.29. The number of rotatable bonds is 7. The van der Waals surface area contributed by atoms with Gasteiger partial charge < -0.3 is 10.6 Å². The predicted molar refractivity (Wildman–Crippen MR) is 136 cm³/mol. The van der Waals surface area contributed by atoms with Crippen LogP contribution in [0.15, 0.2) is 66.7 Å². The van der Waals surface area contributed by atoms with Crippen LogP contribution in [0, 0.1) is 6.92 Å². The Morgan fingerprint density at radius 1 is 1.00 bits per heavy atom. The van der Waals surface area contributed by atoms with Crippen molar-refractivity contribution in [3.05, 3.63) is 88.4 Å². The summed E-state index contributed by atoms with van der Waals surface area (Å²) in [5.74, 6) is -0.257. The lowest BCUT2D eigenvalue weighted by atomic mass is 10.1. The maximum atomic E-state index is 12.7. The van der Waals surface area contributed by atoms with Crippen molar-refractivity contribution in [2.75, 3.05) is 17.2 Å². The molecule has 168 valence electrons. The van der Waals surface area contributed by atoms with Crippen LogP contribution in [0.1, 0.15) is 27.9 Å². The van der Waals surface area contributed by atoms with Gasteiger partial charge in [-0.15, -0.1) is 0 Å². The number of benzene rings is 3. The van der Waals surface area contributed by atoms with Crippen molar-refractivity contribution in [3.63, 3.8) is 0 Å². The molecule has 3 aromatic carbocycles. The summed E-state index contributed by atoms with van der Waals surface area (Å²) in [6.45, 7) is 2.45. The minimum absolute atomic E-state index is 0.257. The van der Waals surface area contributed by atoms with Gasteiger partial charge in [0.1, 0.15) is 0 Å². The highest BCUT2D eigenvalue weighted by atomic mass is 35.5. The van der Waals surface area contributed by atoms with Crippen molar-refractivity contribution in [1.29, 1.82) is 0 Å². The van der Waals surface area contributed by atoms with Crippen molar-refractivity contribution >= 4 is 55.9 Å². The number of hydrogen-bond donors (Lipinski definition) is 3. The molecular formula is C25H23ClN4O2S. The summed E-state index contributed by atoms with van der Waals surface area (Å²) in [6, 6.07) is 20.6. The second-order valence-electron chi connectivity index (χ2n) is 7.56. The van der Waals surface area contributed by atoms with Gasteiger partial charge in [-0.25, -0.2) is 9.78 Å². The van der Waals surface area contributed by atoms with E-state index in [4.69, 9.17) is 11.6 Å². The highest BCUT2D eigenvalue weighted by molar-refractivity contribution is 7.22. The van der Waals surface area contributed by atoms with Crippen LogP contribution < -0.4 is 16.0 Å². The van der Waals surface area contributed by atoms with Crippen molar-refractivity contribution in [2.24, 2.45) is 0 Å². The summed E-state index contributed by atoms with van der Waals surface area (Å²) >= 11 is 7.53. The molecule has 0 saturated heterocycles. The van der Waals surface area contributed by atoms with E-state index in [0.29, 0.717) is 33.5 Å². The van der Waals surface area contributed by atoms with E-state index in [9.17, 15) is 9.59 Å². The molecule has 0 spiro atoms. The molecule has 0 bridgehead atoms. The van der Waals surface area contributed by atoms with Crippen LogP contribution in [0.3, 0.4) is 0 Å². The minimum Gasteiger partial charge on any atom is -0.338 e. The predicted octanol–water partition coefficient (Wildman–Crippen LogP) is 6.26. The van der Waals surface area contributed by atoms with Gasteiger partial charge in [0.25, 0.3) is 5.91 Å². The van der Waals surface area contributed by atoms with E-state index >= 15 is 0 Å². The summed E-state index contributed by atoms with van der Waals surface area (Å²) in [5, 5.41) is 9.46. The number of aromatic nitrogens is 1. The second-order valence-corrected chi connectivity index (χ2v) is 9.00. The Bertz CT molecular complexity index is 1270. The summed E-state index contributed by atoms with van der Waals surface area (Å²) in [5.41, 5.74) is 3.93. The topological polar surface area (TPSA) is 83.1 Å². The number of amides is 3. The Labute approximate surface area is 201 Å². The Kier molecular flexibility index (Phi) is 7.22. The van der Waals surface area contributed by atoms with Crippen LogP contribution >= 0.6 is 22.9 Å². The summed E-state index contributed by atoms with van der Waals surface area (Å²) in [6.07, 6.45) is 1.75. The molecule has 4 rings (SSSR count). The molecule has 0 radical (unpaired) electrons. The average molecular weight is 479 g/mol. The molecule has 0 aliphatic rings. The Balaban J connectivity index is 1.34. The maximum absolute atomic E-state index is 12.7. The first kappa shape index (κ1) is 22.8. The molecule has 1 aromatic heterocycles. The Morgan fingerprint density at radius 2 is 1.82 bits per heavy atom. The van der Waals surface area contributed by atoms with Gasteiger partial charge in [-0.2, -0.15) is 0 Å². The van der Waals surface area contributed by atoms with Gasteiger partial charge in [-0.1, -0.05) is 65.4 Å². The summed E-state index contributed by atoms with van der Waals surface area (Å²) in [4.78, 5) is 29.4. The third-order valence-electron chi connectivity index (χ3n) is 5.10. The molecule has 0 aliphatic heterocycles.